The molecule has 0 radical (unpaired) electrons. The molecule has 13 heavy (non-hydrogen) atoms. The molecule has 0 aromatic rings. The molecule has 1 N–H and O–H groups in total. The number of nitrogens with one attached hydrogen (secondary N) is 1. The van der Waals surface area contributed by atoms with E-state index in [4.69, 9.17) is 0 Å². The molecule has 0 saturated heterocycles. The van der Waals surface area contributed by atoms with E-state index >= 15 is 0 Å². The van der Waals surface area contributed by atoms with Crippen LogP contribution in [0.4, 0.5) is 0 Å². The molecule has 1 amide bonds. The molecule has 0 unspecified atom stereocenters. The molecule has 0 saturated carbocycles. The van der Waals surface area contributed by atoms with Crippen molar-refractivity contribution in [1.29, 1.82) is 0 Å². The zero-order valence-electron chi connectivity index (χ0n) is 8.78. The van der Waals surface area contributed by atoms with Crippen LogP contribution in [0.1, 0.15) is 34.1 Å². The summed E-state index contributed by atoms with van der Waals surface area (Å²) in [7, 11) is 0. The van der Waals surface area contributed by atoms with Gasteiger partial charge in [-0.25, -0.2) is 0 Å². The summed E-state index contributed by atoms with van der Waals surface area (Å²) in [6.07, 6.45) is 2.24. The van der Waals surface area contributed by atoms with Crippen molar-refractivity contribution in [3.63, 3.8) is 0 Å². The van der Waals surface area contributed by atoms with Gasteiger partial charge in [0.2, 0.25) is 5.91 Å². The highest BCUT2D eigenvalue weighted by Crippen LogP contribution is 2.27. The Hall–Kier alpha value is -0.0600. The van der Waals surface area contributed by atoms with Crippen LogP contribution < -0.4 is 5.32 Å². The lowest BCUT2D eigenvalue weighted by Crippen LogP contribution is -2.45. The van der Waals surface area contributed by atoms with Crippen LogP contribution in [0.2, 0.25) is 0 Å². The number of carbonyl (C=O) groups excluding carboxylic acids is 1. The van der Waals surface area contributed by atoms with Crippen LogP contribution in [0.25, 0.3) is 0 Å². The maximum Gasteiger partial charge on any atom is 0.243 e. The zero-order chi connectivity index (χ0) is 10.7. The Morgan fingerprint density at radius 2 is 1.92 bits per heavy atom. The Balaban J connectivity index is 4.24. The van der Waals surface area contributed by atoms with Gasteiger partial charge in [-0.2, -0.15) is 0 Å². The van der Waals surface area contributed by atoms with E-state index in [1.807, 2.05) is 13.8 Å². The highest BCUT2D eigenvalue weighted by atomic mass is 127. The third-order valence-corrected chi connectivity index (χ3v) is 1.89. The fraction of sp³-hybridized carbons (Fsp3) is 0.700. The molecule has 0 heterocycles. The van der Waals surface area contributed by atoms with Gasteiger partial charge in [-0.1, -0.05) is 43.0 Å². The predicted octanol–water partition coefficient (Wildman–Crippen LogP) is 2.67. The van der Waals surface area contributed by atoms with Gasteiger partial charge in [-0.3, -0.25) is 4.79 Å². The van der Waals surface area contributed by atoms with Gasteiger partial charge < -0.3 is 5.32 Å². The summed E-state index contributed by atoms with van der Waals surface area (Å²) in [5, 5.41) is 2.90. The van der Waals surface area contributed by atoms with E-state index in [1.54, 1.807) is 0 Å². The molecule has 0 aliphatic carbocycles. The third kappa shape index (κ3) is 7.05. The van der Waals surface area contributed by atoms with Crippen molar-refractivity contribution in [2.45, 2.75) is 43.1 Å². The Bertz CT molecular complexity index is 203. The summed E-state index contributed by atoms with van der Waals surface area (Å²) >= 11 is 2.38. The van der Waals surface area contributed by atoms with Gasteiger partial charge in [0.25, 0.3) is 0 Å². The fourth-order valence-corrected chi connectivity index (χ4v) is 2.43. The first kappa shape index (κ1) is 12.9. The quantitative estimate of drug-likeness (QED) is 0.482. The van der Waals surface area contributed by atoms with Crippen LogP contribution in [0.3, 0.4) is 0 Å². The third-order valence-electron chi connectivity index (χ3n) is 1.51. The average Bonchev–Trinajstić information content (AvgIpc) is 1.80. The highest BCUT2D eigenvalue weighted by Gasteiger charge is 2.27. The van der Waals surface area contributed by atoms with Gasteiger partial charge in [0.1, 0.15) is 0 Å². The lowest BCUT2D eigenvalue weighted by molar-refractivity contribution is -0.118. The van der Waals surface area contributed by atoms with Gasteiger partial charge in [0, 0.05) is 8.96 Å². The number of carbonyl (C=O) groups is 1. The summed E-state index contributed by atoms with van der Waals surface area (Å²) < 4.78 is 0.190. The van der Waals surface area contributed by atoms with E-state index in [1.165, 1.54) is 6.08 Å². The molecule has 0 spiro atoms. The summed E-state index contributed by atoms with van der Waals surface area (Å²) in [5.74, 6) is -0.106. The van der Waals surface area contributed by atoms with E-state index in [2.05, 4.69) is 48.3 Å². The summed E-state index contributed by atoms with van der Waals surface area (Å²) in [6, 6.07) is 0. The molecule has 0 bridgehead atoms. The number of rotatable bonds is 4. The standard InChI is InChI=1S/C10H18INO/c1-6-8(13)12-10(4,5)7-9(2,3)11/h6H,1,7H2,2-5H3,(H,12,13). The normalized spacial score (nSPS) is 12.4. The monoisotopic (exact) mass is 295 g/mol. The molecule has 2 nitrogen and oxygen atoms in total. The summed E-state index contributed by atoms with van der Waals surface area (Å²) in [6.45, 7) is 11.8. The first-order valence-electron chi connectivity index (χ1n) is 4.30. The van der Waals surface area contributed by atoms with Crippen molar-refractivity contribution in [1.82, 2.24) is 5.32 Å². The van der Waals surface area contributed by atoms with Crippen LogP contribution in [-0.2, 0) is 4.79 Å². The van der Waals surface area contributed by atoms with Gasteiger partial charge >= 0.3 is 0 Å². The van der Waals surface area contributed by atoms with Crippen molar-refractivity contribution in [3.05, 3.63) is 12.7 Å². The van der Waals surface area contributed by atoms with Crippen LogP contribution in [-0.4, -0.2) is 14.9 Å². The zero-order valence-corrected chi connectivity index (χ0v) is 10.9. The van der Waals surface area contributed by atoms with Crippen molar-refractivity contribution in [2.24, 2.45) is 0 Å². The molecule has 76 valence electrons. The second-order valence-corrected chi connectivity index (χ2v) is 7.39. The Morgan fingerprint density at radius 1 is 1.46 bits per heavy atom. The summed E-state index contributed by atoms with van der Waals surface area (Å²) in [5.41, 5.74) is -0.171. The molecule has 3 heteroatoms. The van der Waals surface area contributed by atoms with Gasteiger partial charge in [-0.05, 0) is 26.3 Å². The number of halogens is 1. The summed E-state index contributed by atoms with van der Waals surface area (Å²) in [4.78, 5) is 11.1. The molecule has 0 rings (SSSR count). The van der Waals surface area contributed by atoms with Gasteiger partial charge in [0.15, 0.2) is 0 Å². The highest BCUT2D eigenvalue weighted by molar-refractivity contribution is 14.1. The van der Waals surface area contributed by atoms with Crippen molar-refractivity contribution in [2.75, 3.05) is 0 Å². The smallest absolute Gasteiger partial charge is 0.243 e. The van der Waals surface area contributed by atoms with Crippen LogP contribution >= 0.6 is 22.6 Å². The second kappa shape index (κ2) is 4.44. The lowest BCUT2D eigenvalue weighted by Gasteiger charge is -2.31. The lowest BCUT2D eigenvalue weighted by atomic mass is 9.92. The maximum atomic E-state index is 11.1. The minimum absolute atomic E-state index is 0.106. The topological polar surface area (TPSA) is 29.1 Å². The molecular weight excluding hydrogens is 277 g/mol. The number of amides is 1. The maximum absolute atomic E-state index is 11.1. The molecule has 0 aliphatic heterocycles. The molecule has 0 aliphatic rings. The fourth-order valence-electron chi connectivity index (χ4n) is 1.48. The van der Waals surface area contributed by atoms with E-state index in [0.29, 0.717) is 0 Å². The van der Waals surface area contributed by atoms with Gasteiger partial charge in [0.05, 0.1) is 0 Å². The second-order valence-electron chi connectivity index (χ2n) is 4.47. The van der Waals surface area contributed by atoms with Crippen molar-refractivity contribution >= 4 is 28.5 Å². The number of hydrogen-bond donors (Lipinski definition) is 1. The first-order valence-corrected chi connectivity index (χ1v) is 5.38. The largest absolute Gasteiger partial charge is 0.348 e. The SMILES string of the molecule is C=CC(=O)NC(C)(C)CC(C)(C)I. The van der Waals surface area contributed by atoms with Crippen LogP contribution in [0.5, 0.6) is 0 Å². The molecule has 0 atom stereocenters. The number of alkyl halides is 1. The number of hydrogen-bond acceptors (Lipinski definition) is 1. The van der Waals surface area contributed by atoms with E-state index in [9.17, 15) is 4.79 Å². The minimum atomic E-state index is -0.171. The van der Waals surface area contributed by atoms with Gasteiger partial charge in [-0.15, -0.1) is 0 Å². The molecular formula is C10H18INO. The Kier molecular flexibility index (Phi) is 4.42. The predicted molar refractivity (Wildman–Crippen MR) is 65.1 cm³/mol. The van der Waals surface area contributed by atoms with Crippen molar-refractivity contribution in [3.8, 4) is 0 Å². The molecule has 0 aromatic carbocycles. The Labute approximate surface area is 94.3 Å². The van der Waals surface area contributed by atoms with E-state index in [0.717, 1.165) is 6.42 Å². The first-order chi connectivity index (χ1) is 5.66. The molecule has 0 fully saturated rings. The van der Waals surface area contributed by atoms with Crippen LogP contribution in [0.15, 0.2) is 12.7 Å². The minimum Gasteiger partial charge on any atom is -0.348 e. The Morgan fingerprint density at radius 3 is 2.23 bits per heavy atom. The van der Waals surface area contributed by atoms with Crippen LogP contribution in [0, 0.1) is 0 Å². The molecule has 0 aromatic heterocycles. The van der Waals surface area contributed by atoms with E-state index < -0.39 is 0 Å². The average molecular weight is 295 g/mol. The van der Waals surface area contributed by atoms with Crippen molar-refractivity contribution < 1.29 is 4.79 Å². The van der Waals surface area contributed by atoms with E-state index in [-0.39, 0.29) is 14.9 Å².